The highest BCUT2D eigenvalue weighted by molar-refractivity contribution is 7.89. The number of sulfonamides is 1. The number of fused-ring (bicyclic) bond motifs is 2. The highest BCUT2D eigenvalue weighted by atomic mass is 32.2. The van der Waals surface area contributed by atoms with Crippen molar-refractivity contribution < 1.29 is 40.6 Å². The Kier molecular flexibility index (Phi) is 7.77. The van der Waals surface area contributed by atoms with Crippen molar-refractivity contribution in [1.29, 1.82) is 0 Å². The summed E-state index contributed by atoms with van der Waals surface area (Å²) in [5.74, 6) is -2.45. The Balaban J connectivity index is 1.41. The molecule has 45 heavy (non-hydrogen) atoms. The zero-order valence-corrected chi connectivity index (χ0v) is 25.4. The number of ether oxygens (including phenoxy) is 3. The normalized spacial score (nSPS) is 18.1. The van der Waals surface area contributed by atoms with Crippen LogP contribution in [0.3, 0.4) is 0 Å². The van der Waals surface area contributed by atoms with E-state index in [4.69, 9.17) is 19.2 Å². The number of aryl methyl sites for hydroxylation is 2. The van der Waals surface area contributed by atoms with E-state index in [9.17, 15) is 26.4 Å². The average Bonchev–Trinajstić information content (AvgIpc) is 3.38. The van der Waals surface area contributed by atoms with Crippen LogP contribution in [0, 0.1) is 13.8 Å². The molecule has 2 aliphatic heterocycles. The monoisotopic (exact) mass is 646 g/mol. The number of alkyl halides is 3. The van der Waals surface area contributed by atoms with Gasteiger partial charge in [-0.2, -0.15) is 17.5 Å². The predicted octanol–water partition coefficient (Wildman–Crippen LogP) is 3.59. The van der Waals surface area contributed by atoms with Gasteiger partial charge in [0.05, 0.1) is 45.0 Å². The molecule has 12 nitrogen and oxygen atoms in total. The van der Waals surface area contributed by atoms with Crippen LogP contribution in [0.1, 0.15) is 53.2 Å². The van der Waals surface area contributed by atoms with Gasteiger partial charge in [-0.05, 0) is 61.7 Å². The van der Waals surface area contributed by atoms with Crippen LogP contribution in [0.4, 0.5) is 13.2 Å². The molecule has 1 fully saturated rings. The van der Waals surface area contributed by atoms with E-state index in [0.29, 0.717) is 28.1 Å². The second-order valence-corrected chi connectivity index (χ2v) is 12.9. The number of esters is 1. The largest absolute Gasteiger partial charge is 0.466 e. The Morgan fingerprint density at radius 3 is 2.62 bits per heavy atom. The summed E-state index contributed by atoms with van der Waals surface area (Å²) in [7, 11) is -4.07. The summed E-state index contributed by atoms with van der Waals surface area (Å²) in [4.78, 5) is 21.7. The molecule has 1 spiro atoms. The van der Waals surface area contributed by atoms with E-state index in [2.05, 4.69) is 15.2 Å². The third-order valence-corrected chi connectivity index (χ3v) is 9.75. The fourth-order valence-electron chi connectivity index (χ4n) is 5.59. The van der Waals surface area contributed by atoms with Crippen LogP contribution in [0.15, 0.2) is 47.6 Å². The second-order valence-electron chi connectivity index (χ2n) is 11.0. The molecule has 4 aromatic rings. The molecule has 4 aromatic heterocycles. The minimum absolute atomic E-state index is 0.00395. The molecule has 0 bridgehead atoms. The first-order chi connectivity index (χ1) is 21.3. The van der Waals surface area contributed by atoms with E-state index in [0.717, 1.165) is 4.40 Å². The van der Waals surface area contributed by atoms with Gasteiger partial charge in [-0.25, -0.2) is 13.4 Å². The number of nitrogens with zero attached hydrogens (tertiary/aromatic N) is 6. The number of hydrogen-bond acceptors (Lipinski definition) is 10. The molecular weight excluding hydrogens is 617 g/mol. The van der Waals surface area contributed by atoms with E-state index in [1.165, 1.54) is 34.9 Å². The zero-order chi connectivity index (χ0) is 32.1. The Labute approximate surface area is 256 Å². The molecule has 6 rings (SSSR count). The van der Waals surface area contributed by atoms with Gasteiger partial charge in [0, 0.05) is 24.0 Å². The maximum atomic E-state index is 13.8. The molecule has 0 saturated carbocycles. The number of hydrogen-bond donors (Lipinski definition) is 0. The standard InChI is InChI=1S/C29H29F3N6O6S/c1-4-43-24(39)12-20(19-9-11-38-25(18(19)3)35-36-27(38)29(30,31)32)21-8-7-17(2)22(34-21)13-37-14-28(15-42-16-28)44-26-23(45(37,40)41)6-5-10-33-26/h5-11,20H,4,12-16H2,1-3H3. The summed E-state index contributed by atoms with van der Waals surface area (Å²) in [6.07, 6.45) is -2.22. The Hall–Kier alpha value is -4.15. The smallest absolute Gasteiger partial charge is 0.452 e. The molecule has 0 radical (unpaired) electrons. The third kappa shape index (κ3) is 5.61. The first-order valence-corrected chi connectivity index (χ1v) is 15.5. The van der Waals surface area contributed by atoms with Gasteiger partial charge in [0.15, 0.2) is 11.2 Å². The van der Waals surface area contributed by atoms with Crippen molar-refractivity contribution in [2.45, 2.75) is 56.3 Å². The molecule has 1 saturated heterocycles. The quantitative estimate of drug-likeness (QED) is 0.274. The van der Waals surface area contributed by atoms with Gasteiger partial charge in [0.2, 0.25) is 21.7 Å². The Morgan fingerprint density at radius 1 is 1.16 bits per heavy atom. The molecule has 238 valence electrons. The molecule has 16 heteroatoms. The van der Waals surface area contributed by atoms with Crippen LogP contribution >= 0.6 is 0 Å². The molecule has 1 unspecified atom stereocenters. The van der Waals surface area contributed by atoms with Gasteiger partial charge < -0.3 is 14.2 Å². The summed E-state index contributed by atoms with van der Waals surface area (Å²) in [5.41, 5.74) is 1.47. The van der Waals surface area contributed by atoms with Gasteiger partial charge >= 0.3 is 12.1 Å². The average molecular weight is 647 g/mol. The lowest BCUT2D eigenvalue weighted by atomic mass is 9.89. The van der Waals surface area contributed by atoms with Crippen molar-refractivity contribution in [2.75, 3.05) is 26.4 Å². The highest BCUT2D eigenvalue weighted by Crippen LogP contribution is 2.38. The van der Waals surface area contributed by atoms with Crippen LogP contribution in [-0.4, -0.2) is 75.2 Å². The van der Waals surface area contributed by atoms with E-state index in [-0.39, 0.29) is 55.8 Å². The number of halogens is 3. The summed E-state index contributed by atoms with van der Waals surface area (Å²) < 4.78 is 87.0. The van der Waals surface area contributed by atoms with Gasteiger partial charge in [-0.15, -0.1) is 10.2 Å². The fourth-order valence-corrected chi connectivity index (χ4v) is 7.13. The number of pyridine rings is 3. The van der Waals surface area contributed by atoms with Crippen molar-refractivity contribution in [3.8, 4) is 5.88 Å². The van der Waals surface area contributed by atoms with Crippen LogP contribution in [0.25, 0.3) is 5.65 Å². The number of rotatable bonds is 7. The lowest BCUT2D eigenvalue weighted by molar-refractivity contribution is -0.166. The highest BCUT2D eigenvalue weighted by Gasteiger charge is 2.49. The molecule has 0 N–H and O–H groups in total. The van der Waals surface area contributed by atoms with Crippen molar-refractivity contribution in [1.82, 2.24) is 28.9 Å². The summed E-state index contributed by atoms with van der Waals surface area (Å²) >= 11 is 0. The lowest BCUT2D eigenvalue weighted by Crippen LogP contribution is -2.60. The van der Waals surface area contributed by atoms with Crippen LogP contribution in [0.5, 0.6) is 5.88 Å². The maximum absolute atomic E-state index is 13.8. The van der Waals surface area contributed by atoms with Crippen LogP contribution in [-0.2, 0) is 37.0 Å². The van der Waals surface area contributed by atoms with Gasteiger partial charge in [0.25, 0.3) is 0 Å². The van der Waals surface area contributed by atoms with Crippen molar-refractivity contribution in [3.63, 3.8) is 0 Å². The first-order valence-electron chi connectivity index (χ1n) is 14.1. The first kappa shape index (κ1) is 30.9. The SMILES string of the molecule is CCOC(=O)CC(c1ccc(C)c(CN2CC3(COC3)Oc3ncccc3S2(=O)=O)n1)c1ccn2c(C(F)(F)F)nnc2c1C. The van der Waals surface area contributed by atoms with E-state index >= 15 is 0 Å². The molecule has 6 heterocycles. The minimum Gasteiger partial charge on any atom is -0.466 e. The van der Waals surface area contributed by atoms with E-state index in [1.807, 2.05) is 0 Å². The molecule has 0 aromatic carbocycles. The summed E-state index contributed by atoms with van der Waals surface area (Å²) in [5, 5.41) is 7.11. The maximum Gasteiger partial charge on any atom is 0.452 e. The predicted molar refractivity (Wildman–Crippen MR) is 151 cm³/mol. The molecule has 0 amide bonds. The van der Waals surface area contributed by atoms with Crippen molar-refractivity contribution in [2.24, 2.45) is 0 Å². The minimum atomic E-state index is -4.72. The van der Waals surface area contributed by atoms with Crippen molar-refractivity contribution >= 4 is 21.6 Å². The number of aromatic nitrogens is 5. The third-order valence-electron chi connectivity index (χ3n) is 7.94. The van der Waals surface area contributed by atoms with Gasteiger partial charge in [-0.3, -0.25) is 14.2 Å². The Bertz CT molecular complexity index is 1890. The van der Waals surface area contributed by atoms with Crippen molar-refractivity contribution in [3.05, 3.63) is 76.6 Å². The summed E-state index contributed by atoms with van der Waals surface area (Å²) in [6.45, 7) is 5.43. The molecular formula is C29H29F3N6O6S. The van der Waals surface area contributed by atoms with Gasteiger partial charge in [0.1, 0.15) is 4.90 Å². The molecule has 2 aliphatic rings. The van der Waals surface area contributed by atoms with E-state index < -0.39 is 39.5 Å². The lowest BCUT2D eigenvalue weighted by Gasteiger charge is -2.41. The number of carbonyl (C=O) groups is 1. The molecule has 1 atom stereocenters. The topological polar surface area (TPSA) is 138 Å². The number of carbonyl (C=O) groups excluding carboxylic acids is 1. The second kappa shape index (κ2) is 11.3. The van der Waals surface area contributed by atoms with Crippen LogP contribution in [0.2, 0.25) is 0 Å². The summed E-state index contributed by atoms with van der Waals surface area (Å²) in [6, 6.07) is 7.90. The van der Waals surface area contributed by atoms with Crippen LogP contribution < -0.4 is 4.74 Å². The van der Waals surface area contributed by atoms with Gasteiger partial charge in [-0.1, -0.05) is 6.07 Å². The Morgan fingerprint density at radius 2 is 1.93 bits per heavy atom. The van der Waals surface area contributed by atoms with E-state index in [1.54, 1.807) is 32.9 Å². The molecule has 0 aliphatic carbocycles. The zero-order valence-electron chi connectivity index (χ0n) is 24.5. The fraction of sp³-hybridized carbons (Fsp3) is 0.414.